The van der Waals surface area contributed by atoms with Gasteiger partial charge in [0.05, 0.1) is 22.4 Å². The van der Waals surface area contributed by atoms with E-state index in [-0.39, 0.29) is 10.6 Å². The van der Waals surface area contributed by atoms with Gasteiger partial charge in [0.2, 0.25) is 5.72 Å². The number of aromatic nitrogens is 2. The van der Waals surface area contributed by atoms with Gasteiger partial charge in [-0.15, -0.1) is 0 Å². The Morgan fingerprint density at radius 3 is 2.34 bits per heavy atom. The zero-order chi connectivity index (χ0) is 21.5. The summed E-state index contributed by atoms with van der Waals surface area (Å²) in [7, 11) is 0. The molecule has 2 aromatic rings. The van der Waals surface area contributed by atoms with E-state index in [1.807, 2.05) is 13.8 Å². The average molecular weight is 477 g/mol. The van der Waals surface area contributed by atoms with Crippen LogP contribution in [0.15, 0.2) is 33.8 Å². The minimum atomic E-state index is -3.46. The number of hydrogen-bond acceptors (Lipinski definition) is 4. The molecule has 0 unspecified atom stereocenters. The Bertz CT molecular complexity index is 962. The lowest BCUT2D eigenvalue weighted by Crippen LogP contribution is -2.51. The number of hydrogen-bond donors (Lipinski definition) is 1. The van der Waals surface area contributed by atoms with Crippen LogP contribution in [0.25, 0.3) is 0 Å². The van der Waals surface area contributed by atoms with Crippen molar-refractivity contribution in [1.29, 1.82) is 0 Å². The Balaban J connectivity index is 1.83. The van der Waals surface area contributed by atoms with Crippen LogP contribution in [0, 0.1) is 13.8 Å². The number of carbonyl (C=O) groups excluding carboxylic acids is 1. The maximum atomic E-state index is 13.3. The summed E-state index contributed by atoms with van der Waals surface area (Å²) in [4.78, 5) is 12.6. The average Bonchev–Trinajstić information content (AvgIpc) is 3.15. The van der Waals surface area contributed by atoms with E-state index in [0.29, 0.717) is 6.54 Å². The first-order valence-electron chi connectivity index (χ1n) is 8.53. The quantitative estimate of drug-likeness (QED) is 0.668. The van der Waals surface area contributed by atoms with Crippen LogP contribution in [0.4, 0.5) is 17.6 Å². The summed E-state index contributed by atoms with van der Waals surface area (Å²) in [5, 5.41) is 17.8. The van der Waals surface area contributed by atoms with Crippen molar-refractivity contribution in [1.82, 2.24) is 14.8 Å². The molecule has 1 aliphatic heterocycles. The van der Waals surface area contributed by atoms with Crippen molar-refractivity contribution >= 4 is 27.5 Å². The Morgan fingerprint density at radius 1 is 1.24 bits per heavy atom. The van der Waals surface area contributed by atoms with Crippen molar-refractivity contribution in [2.24, 2.45) is 5.10 Å². The highest BCUT2D eigenvalue weighted by Gasteiger charge is 2.53. The highest BCUT2D eigenvalue weighted by atomic mass is 79.9. The van der Waals surface area contributed by atoms with E-state index in [4.69, 9.17) is 0 Å². The van der Waals surface area contributed by atoms with Crippen LogP contribution in [0.1, 0.15) is 33.7 Å². The van der Waals surface area contributed by atoms with Crippen LogP contribution in [0.3, 0.4) is 0 Å². The molecular formula is C18H17BrF4N4O2. The summed E-state index contributed by atoms with van der Waals surface area (Å²) in [6.07, 6.45) is -7.73. The number of alkyl halides is 4. The maximum absolute atomic E-state index is 13.3. The summed E-state index contributed by atoms with van der Waals surface area (Å²) < 4.78 is 55.0. The SMILES string of the molecule is Cc1nn(Cc2ccc(C(=O)N3N=C(C(F)F)C[C@]3(O)C(F)F)cc2)c(C)c1Br. The van der Waals surface area contributed by atoms with E-state index in [1.165, 1.54) is 12.1 Å². The molecule has 0 radical (unpaired) electrons. The van der Waals surface area contributed by atoms with Crippen molar-refractivity contribution in [3.8, 4) is 0 Å². The number of amides is 1. The number of carbonyl (C=O) groups is 1. The number of halogens is 5. The normalized spacial score (nSPS) is 19.4. The summed E-state index contributed by atoms with van der Waals surface area (Å²) in [5.41, 5.74) is -1.62. The molecule has 6 nitrogen and oxygen atoms in total. The third-order valence-corrected chi connectivity index (χ3v) is 5.80. The van der Waals surface area contributed by atoms with Gasteiger partial charge in [0.1, 0.15) is 5.71 Å². The maximum Gasteiger partial charge on any atom is 0.287 e. The Labute approximate surface area is 171 Å². The second-order valence-corrected chi connectivity index (χ2v) is 7.50. The second-order valence-electron chi connectivity index (χ2n) is 6.70. The fourth-order valence-corrected chi connectivity index (χ4v) is 3.26. The lowest BCUT2D eigenvalue weighted by Gasteiger charge is -2.30. The van der Waals surface area contributed by atoms with Gasteiger partial charge < -0.3 is 5.11 Å². The number of aliphatic hydroxyl groups is 1. The molecule has 0 fully saturated rings. The smallest absolute Gasteiger partial charge is 0.287 e. The van der Waals surface area contributed by atoms with Crippen LogP contribution in [-0.4, -0.2) is 50.1 Å². The Morgan fingerprint density at radius 2 is 1.86 bits per heavy atom. The van der Waals surface area contributed by atoms with E-state index < -0.39 is 36.6 Å². The predicted octanol–water partition coefficient (Wildman–Crippen LogP) is 3.73. The minimum absolute atomic E-state index is 0.0479. The molecule has 0 saturated heterocycles. The first kappa shape index (κ1) is 21.4. The van der Waals surface area contributed by atoms with Gasteiger partial charge in [0.25, 0.3) is 18.8 Å². The molecule has 0 saturated carbocycles. The lowest BCUT2D eigenvalue weighted by molar-refractivity contribution is -0.164. The lowest BCUT2D eigenvalue weighted by atomic mass is 10.1. The monoisotopic (exact) mass is 476 g/mol. The van der Waals surface area contributed by atoms with E-state index in [0.717, 1.165) is 21.4 Å². The van der Waals surface area contributed by atoms with Gasteiger partial charge >= 0.3 is 0 Å². The van der Waals surface area contributed by atoms with Crippen LogP contribution in [-0.2, 0) is 6.54 Å². The molecule has 1 N–H and O–H groups in total. The molecule has 1 aliphatic rings. The summed E-state index contributed by atoms with van der Waals surface area (Å²) in [6, 6.07) is 5.90. The van der Waals surface area contributed by atoms with Gasteiger partial charge in [-0.2, -0.15) is 15.2 Å². The first-order chi connectivity index (χ1) is 13.5. The first-order valence-corrected chi connectivity index (χ1v) is 9.33. The van der Waals surface area contributed by atoms with Crippen LogP contribution < -0.4 is 0 Å². The highest BCUT2D eigenvalue weighted by Crippen LogP contribution is 2.34. The molecule has 29 heavy (non-hydrogen) atoms. The van der Waals surface area contributed by atoms with Gasteiger partial charge in [0, 0.05) is 12.0 Å². The van der Waals surface area contributed by atoms with E-state index >= 15 is 0 Å². The van der Waals surface area contributed by atoms with Gasteiger partial charge in [-0.25, -0.2) is 17.6 Å². The van der Waals surface area contributed by atoms with Crippen LogP contribution >= 0.6 is 15.9 Å². The molecule has 0 aliphatic carbocycles. The van der Waals surface area contributed by atoms with Crippen LogP contribution in [0.5, 0.6) is 0 Å². The molecular weight excluding hydrogens is 460 g/mol. The van der Waals surface area contributed by atoms with Crippen molar-refractivity contribution in [2.75, 3.05) is 0 Å². The van der Waals surface area contributed by atoms with Crippen molar-refractivity contribution in [3.05, 3.63) is 51.3 Å². The van der Waals surface area contributed by atoms with Gasteiger partial charge in [0.15, 0.2) is 0 Å². The van der Waals surface area contributed by atoms with Crippen molar-refractivity contribution in [2.45, 2.75) is 45.4 Å². The molecule has 1 amide bonds. The fraction of sp³-hybridized carbons (Fsp3) is 0.389. The standard InChI is InChI=1S/C18H17BrF4N4O2/c1-9-14(19)10(2)26(24-9)8-11-3-5-12(6-4-11)16(28)27-18(29,17(22)23)7-13(25-27)15(20)21/h3-6,15,17,29H,7-8H2,1-2H3/t18-/m0/s1. The topological polar surface area (TPSA) is 70.7 Å². The summed E-state index contributed by atoms with van der Waals surface area (Å²) in [5.74, 6) is -1.09. The third kappa shape index (κ3) is 3.93. The molecule has 156 valence electrons. The zero-order valence-corrected chi connectivity index (χ0v) is 17.0. The van der Waals surface area contributed by atoms with Crippen LogP contribution in [0.2, 0.25) is 0 Å². The van der Waals surface area contributed by atoms with E-state index in [1.54, 1.807) is 16.8 Å². The molecule has 3 rings (SSSR count). The Hall–Kier alpha value is -2.27. The summed E-state index contributed by atoms with van der Waals surface area (Å²) >= 11 is 3.43. The van der Waals surface area contributed by atoms with E-state index in [9.17, 15) is 27.5 Å². The van der Waals surface area contributed by atoms with Crippen molar-refractivity contribution in [3.63, 3.8) is 0 Å². The zero-order valence-electron chi connectivity index (χ0n) is 15.4. The molecule has 0 bridgehead atoms. The van der Waals surface area contributed by atoms with E-state index in [2.05, 4.69) is 26.1 Å². The molecule has 2 heterocycles. The van der Waals surface area contributed by atoms with Gasteiger partial charge in [-0.05, 0) is 47.5 Å². The highest BCUT2D eigenvalue weighted by molar-refractivity contribution is 9.10. The Kier molecular flexibility index (Phi) is 5.81. The van der Waals surface area contributed by atoms with Crippen molar-refractivity contribution < 1.29 is 27.5 Å². The number of aryl methyl sites for hydroxylation is 1. The number of hydrazone groups is 1. The third-order valence-electron chi connectivity index (χ3n) is 4.66. The minimum Gasteiger partial charge on any atom is -0.364 e. The number of nitrogens with zero attached hydrogens (tertiary/aromatic N) is 4. The molecule has 1 atom stereocenters. The number of benzene rings is 1. The fourth-order valence-electron chi connectivity index (χ4n) is 2.98. The van der Waals surface area contributed by atoms with Gasteiger partial charge in [-0.1, -0.05) is 12.1 Å². The predicted molar refractivity (Wildman–Crippen MR) is 100 cm³/mol. The molecule has 0 spiro atoms. The second kappa shape index (κ2) is 7.86. The summed E-state index contributed by atoms with van der Waals surface area (Å²) in [6.45, 7) is 4.15. The largest absolute Gasteiger partial charge is 0.364 e. The number of rotatable bonds is 5. The molecule has 1 aromatic heterocycles. The molecule has 1 aromatic carbocycles. The van der Waals surface area contributed by atoms with Gasteiger partial charge in [-0.3, -0.25) is 9.48 Å². The molecule has 11 heteroatoms.